The van der Waals surface area contributed by atoms with Crippen molar-refractivity contribution in [1.29, 1.82) is 0 Å². The van der Waals surface area contributed by atoms with Crippen LogP contribution in [0.2, 0.25) is 0 Å². The van der Waals surface area contributed by atoms with Crippen molar-refractivity contribution in [2.45, 2.75) is 38.0 Å². The molecular weight excluding hydrogens is 242 g/mol. The quantitative estimate of drug-likeness (QED) is 0.907. The number of likely N-dealkylation sites (tertiary alicyclic amines) is 1. The van der Waals surface area contributed by atoms with Crippen molar-refractivity contribution in [2.75, 3.05) is 6.61 Å². The minimum Gasteiger partial charge on any atom is -0.445 e. The second kappa shape index (κ2) is 5.21. The smallest absolute Gasteiger partial charge is 0.410 e. The topological polar surface area (TPSA) is 49.8 Å². The molecule has 1 amide bonds. The second-order valence-electron chi connectivity index (χ2n) is 5.42. The molecule has 2 fully saturated rings. The summed E-state index contributed by atoms with van der Waals surface area (Å²) in [6, 6.07) is 9.90. The maximum atomic E-state index is 12.2. The predicted molar refractivity (Wildman–Crippen MR) is 70.5 cm³/mol. The maximum absolute atomic E-state index is 12.2. The molecule has 1 saturated carbocycles. The Hall–Kier alpha value is -1.55. The first kappa shape index (κ1) is 12.5. The zero-order valence-corrected chi connectivity index (χ0v) is 10.9. The molecule has 1 aromatic carbocycles. The summed E-state index contributed by atoms with van der Waals surface area (Å²) in [5.74, 6) is 0.458. The van der Waals surface area contributed by atoms with Gasteiger partial charge < -0.3 is 9.84 Å². The van der Waals surface area contributed by atoms with Crippen molar-refractivity contribution in [3.05, 3.63) is 35.9 Å². The van der Waals surface area contributed by atoms with E-state index in [9.17, 15) is 9.90 Å². The van der Waals surface area contributed by atoms with Crippen molar-refractivity contribution in [3.8, 4) is 0 Å². The predicted octanol–water partition coefficient (Wildman–Crippen LogP) is 2.17. The van der Waals surface area contributed by atoms with Gasteiger partial charge in [0, 0.05) is 6.04 Å². The van der Waals surface area contributed by atoms with E-state index in [1.807, 2.05) is 30.3 Å². The number of aliphatic hydroxyl groups is 1. The van der Waals surface area contributed by atoms with Gasteiger partial charge in [-0.05, 0) is 30.7 Å². The summed E-state index contributed by atoms with van der Waals surface area (Å²) < 4.78 is 5.37. The molecule has 0 unspecified atom stereocenters. The van der Waals surface area contributed by atoms with E-state index in [0.717, 1.165) is 24.8 Å². The first-order valence-corrected chi connectivity index (χ1v) is 6.89. The average molecular weight is 261 g/mol. The summed E-state index contributed by atoms with van der Waals surface area (Å²) in [5, 5.41) is 9.44. The third kappa shape index (κ3) is 2.32. The highest BCUT2D eigenvalue weighted by Gasteiger charge is 2.48. The number of carbonyl (C=O) groups is 1. The van der Waals surface area contributed by atoms with Crippen molar-refractivity contribution >= 4 is 6.09 Å². The number of rotatable bonds is 3. The van der Waals surface area contributed by atoms with Gasteiger partial charge >= 0.3 is 6.09 Å². The SMILES string of the molecule is O=C(OCc1ccccc1)N1[C@@H]2CC[C@@H](C2)[C@H]1CO. The Morgan fingerprint density at radius 1 is 1.32 bits per heavy atom. The van der Waals surface area contributed by atoms with Gasteiger partial charge in [0.2, 0.25) is 0 Å². The van der Waals surface area contributed by atoms with Crippen LogP contribution in [-0.4, -0.2) is 34.8 Å². The van der Waals surface area contributed by atoms with Crippen LogP contribution in [0, 0.1) is 5.92 Å². The van der Waals surface area contributed by atoms with Crippen LogP contribution in [0.25, 0.3) is 0 Å². The molecule has 1 aromatic rings. The van der Waals surface area contributed by atoms with Gasteiger partial charge in [0.05, 0.1) is 12.6 Å². The van der Waals surface area contributed by atoms with Gasteiger partial charge in [-0.2, -0.15) is 0 Å². The molecule has 4 nitrogen and oxygen atoms in total. The minimum absolute atomic E-state index is 0.0398. The molecule has 102 valence electrons. The van der Waals surface area contributed by atoms with Gasteiger partial charge in [0.1, 0.15) is 6.61 Å². The minimum atomic E-state index is -0.282. The number of fused-ring (bicyclic) bond motifs is 2. The molecule has 2 bridgehead atoms. The molecule has 19 heavy (non-hydrogen) atoms. The number of aliphatic hydroxyl groups excluding tert-OH is 1. The molecule has 4 heteroatoms. The molecule has 0 radical (unpaired) electrons. The summed E-state index contributed by atoms with van der Waals surface area (Å²) in [6.07, 6.45) is 2.90. The van der Waals surface area contributed by atoms with E-state index < -0.39 is 0 Å². The number of hydrogen-bond acceptors (Lipinski definition) is 3. The molecule has 0 aromatic heterocycles. The van der Waals surface area contributed by atoms with Crippen molar-refractivity contribution in [2.24, 2.45) is 5.92 Å². The summed E-state index contributed by atoms with van der Waals surface area (Å²) in [6.45, 7) is 0.341. The monoisotopic (exact) mass is 261 g/mol. The number of amides is 1. The van der Waals surface area contributed by atoms with Crippen LogP contribution in [0.5, 0.6) is 0 Å². The molecule has 1 aliphatic carbocycles. The molecule has 1 N–H and O–H groups in total. The van der Waals surface area contributed by atoms with Gasteiger partial charge in [-0.1, -0.05) is 30.3 Å². The van der Waals surface area contributed by atoms with E-state index in [4.69, 9.17) is 4.74 Å². The van der Waals surface area contributed by atoms with E-state index in [1.54, 1.807) is 4.90 Å². The van der Waals surface area contributed by atoms with Crippen LogP contribution >= 0.6 is 0 Å². The number of benzene rings is 1. The summed E-state index contributed by atoms with van der Waals surface area (Å²) in [4.78, 5) is 13.9. The highest BCUT2D eigenvalue weighted by Crippen LogP contribution is 2.42. The fourth-order valence-electron chi connectivity index (χ4n) is 3.41. The standard InChI is InChI=1S/C15H19NO3/c17-9-14-12-6-7-13(8-12)16(14)15(18)19-10-11-4-2-1-3-5-11/h1-5,12-14,17H,6-10H2/t12-,13+,14+/m0/s1. The van der Waals surface area contributed by atoms with E-state index in [1.165, 1.54) is 0 Å². The number of nitrogens with zero attached hydrogens (tertiary/aromatic N) is 1. The lowest BCUT2D eigenvalue weighted by molar-refractivity contribution is 0.0465. The molecule has 1 aliphatic heterocycles. The second-order valence-corrected chi connectivity index (χ2v) is 5.42. The highest BCUT2D eigenvalue weighted by molar-refractivity contribution is 5.69. The van der Waals surface area contributed by atoms with Crippen LogP contribution in [0.3, 0.4) is 0 Å². The molecular formula is C15H19NO3. The molecule has 2 aliphatic rings. The largest absolute Gasteiger partial charge is 0.445 e. The zero-order chi connectivity index (χ0) is 13.2. The number of piperidine rings is 1. The van der Waals surface area contributed by atoms with Crippen LogP contribution in [-0.2, 0) is 11.3 Å². The molecule has 1 heterocycles. The summed E-state index contributed by atoms with van der Waals surface area (Å²) in [5.41, 5.74) is 0.987. The van der Waals surface area contributed by atoms with Crippen molar-refractivity contribution in [1.82, 2.24) is 4.90 Å². The van der Waals surface area contributed by atoms with Gasteiger partial charge in [-0.15, -0.1) is 0 Å². The van der Waals surface area contributed by atoms with E-state index in [0.29, 0.717) is 12.5 Å². The van der Waals surface area contributed by atoms with E-state index in [-0.39, 0.29) is 24.8 Å². The summed E-state index contributed by atoms with van der Waals surface area (Å²) >= 11 is 0. The van der Waals surface area contributed by atoms with Gasteiger partial charge in [0.15, 0.2) is 0 Å². The average Bonchev–Trinajstić information content (AvgIpc) is 3.06. The Kier molecular flexibility index (Phi) is 3.42. The molecule has 0 spiro atoms. The number of ether oxygens (including phenoxy) is 1. The Labute approximate surface area is 113 Å². The van der Waals surface area contributed by atoms with Crippen LogP contribution in [0.1, 0.15) is 24.8 Å². The fraction of sp³-hybridized carbons (Fsp3) is 0.533. The number of carbonyl (C=O) groups excluding carboxylic acids is 1. The third-order valence-corrected chi connectivity index (χ3v) is 4.34. The fourth-order valence-corrected chi connectivity index (χ4v) is 3.41. The Bertz CT molecular complexity index is 448. The first-order chi connectivity index (χ1) is 9.29. The highest BCUT2D eigenvalue weighted by atomic mass is 16.6. The summed E-state index contributed by atoms with van der Waals surface area (Å²) in [7, 11) is 0. The lowest BCUT2D eigenvalue weighted by Gasteiger charge is -2.33. The van der Waals surface area contributed by atoms with Crippen molar-refractivity contribution in [3.63, 3.8) is 0 Å². The van der Waals surface area contributed by atoms with Crippen molar-refractivity contribution < 1.29 is 14.6 Å². The molecule has 3 rings (SSSR count). The normalized spacial score (nSPS) is 28.7. The third-order valence-electron chi connectivity index (χ3n) is 4.34. The van der Waals surface area contributed by atoms with Crippen LogP contribution < -0.4 is 0 Å². The lowest BCUT2D eigenvalue weighted by atomic mass is 10.00. The molecule has 3 atom stereocenters. The van der Waals surface area contributed by atoms with E-state index in [2.05, 4.69) is 0 Å². The van der Waals surface area contributed by atoms with Gasteiger partial charge in [0.25, 0.3) is 0 Å². The van der Waals surface area contributed by atoms with Gasteiger partial charge in [-0.25, -0.2) is 4.79 Å². The zero-order valence-electron chi connectivity index (χ0n) is 10.9. The lowest BCUT2D eigenvalue weighted by Crippen LogP contribution is -2.46. The Morgan fingerprint density at radius 3 is 2.84 bits per heavy atom. The first-order valence-electron chi connectivity index (χ1n) is 6.89. The molecule has 1 saturated heterocycles. The Balaban J connectivity index is 1.61. The van der Waals surface area contributed by atoms with Crippen LogP contribution in [0.4, 0.5) is 4.79 Å². The van der Waals surface area contributed by atoms with Crippen LogP contribution in [0.15, 0.2) is 30.3 Å². The van der Waals surface area contributed by atoms with E-state index >= 15 is 0 Å². The maximum Gasteiger partial charge on any atom is 0.410 e. The van der Waals surface area contributed by atoms with Gasteiger partial charge in [-0.3, -0.25) is 4.90 Å². The number of hydrogen-bond donors (Lipinski definition) is 1. The Morgan fingerprint density at radius 2 is 2.11 bits per heavy atom.